The molecule has 1 heterocycles. The number of aromatic amines is 1. The summed E-state index contributed by atoms with van der Waals surface area (Å²) in [6.07, 6.45) is 7.59. The van der Waals surface area contributed by atoms with Gasteiger partial charge in [0, 0.05) is 12.0 Å². The molecule has 3 nitrogen and oxygen atoms in total. The lowest BCUT2D eigenvalue weighted by Gasteiger charge is -2.36. The minimum Gasteiger partial charge on any atom is -0.342 e. The van der Waals surface area contributed by atoms with Gasteiger partial charge in [-0.15, -0.1) is 0 Å². The van der Waals surface area contributed by atoms with Gasteiger partial charge in [-0.3, -0.25) is 0 Å². The fourth-order valence-electron chi connectivity index (χ4n) is 3.15. The molecule has 0 atom stereocenters. The van der Waals surface area contributed by atoms with E-state index in [0.29, 0.717) is 0 Å². The van der Waals surface area contributed by atoms with Gasteiger partial charge in [0.1, 0.15) is 5.82 Å². The van der Waals surface area contributed by atoms with Crippen LogP contribution >= 0.6 is 0 Å². The topological polar surface area (TPSA) is 40.7 Å². The second-order valence-corrected chi connectivity index (χ2v) is 5.47. The molecule has 96 valence electrons. The molecule has 1 fully saturated rings. The largest absolute Gasteiger partial charge is 0.342 e. The predicted octanol–water partition coefficient (Wildman–Crippen LogP) is 3.03. The number of rotatable bonds is 3. The standard InChI is InChI=1S/C15H21N3/c1-16-15(9-5-2-6-10-15)11-14-17-12-7-3-4-8-13(12)18-14/h3-4,7-8,16H,2,5-6,9-11H2,1H3,(H,17,18). The van der Waals surface area contributed by atoms with Gasteiger partial charge in [-0.05, 0) is 32.0 Å². The Balaban J connectivity index is 1.85. The Labute approximate surface area is 108 Å². The highest BCUT2D eigenvalue weighted by Crippen LogP contribution is 2.30. The molecule has 1 saturated carbocycles. The van der Waals surface area contributed by atoms with Crippen molar-refractivity contribution < 1.29 is 0 Å². The molecule has 2 N–H and O–H groups in total. The van der Waals surface area contributed by atoms with Crippen molar-refractivity contribution in [3.63, 3.8) is 0 Å². The lowest BCUT2D eigenvalue weighted by molar-refractivity contribution is 0.241. The zero-order valence-electron chi connectivity index (χ0n) is 11.0. The SMILES string of the molecule is CNC1(Cc2nc3ccccc3[nH]2)CCCCC1. The summed E-state index contributed by atoms with van der Waals surface area (Å²) in [7, 11) is 2.09. The minimum atomic E-state index is 0.256. The highest BCUT2D eigenvalue weighted by atomic mass is 15.0. The third-order valence-corrected chi connectivity index (χ3v) is 4.29. The molecule has 2 aromatic rings. The van der Waals surface area contributed by atoms with E-state index in [9.17, 15) is 0 Å². The molecule has 18 heavy (non-hydrogen) atoms. The van der Waals surface area contributed by atoms with Crippen molar-refractivity contribution in [2.24, 2.45) is 0 Å². The van der Waals surface area contributed by atoms with Crippen molar-refractivity contribution >= 4 is 11.0 Å². The summed E-state index contributed by atoms with van der Waals surface area (Å²) in [6.45, 7) is 0. The molecule has 0 aliphatic heterocycles. The Kier molecular flexibility index (Phi) is 3.08. The third-order valence-electron chi connectivity index (χ3n) is 4.29. The van der Waals surface area contributed by atoms with E-state index >= 15 is 0 Å². The number of likely N-dealkylation sites (N-methyl/N-ethyl adjacent to an activating group) is 1. The number of benzene rings is 1. The Morgan fingerprint density at radius 3 is 2.72 bits per heavy atom. The lowest BCUT2D eigenvalue weighted by Crippen LogP contribution is -2.46. The second-order valence-electron chi connectivity index (χ2n) is 5.47. The fourth-order valence-corrected chi connectivity index (χ4v) is 3.15. The van der Waals surface area contributed by atoms with Gasteiger partial charge in [0.05, 0.1) is 11.0 Å². The second kappa shape index (κ2) is 4.73. The summed E-state index contributed by atoms with van der Waals surface area (Å²) in [5, 5.41) is 3.55. The van der Waals surface area contributed by atoms with Crippen LogP contribution in [-0.4, -0.2) is 22.6 Å². The first kappa shape index (κ1) is 11.7. The highest BCUT2D eigenvalue weighted by molar-refractivity contribution is 5.74. The molecule has 0 bridgehead atoms. The number of H-pyrrole nitrogens is 1. The number of para-hydroxylation sites is 2. The van der Waals surface area contributed by atoms with Crippen LogP contribution in [0.1, 0.15) is 37.9 Å². The van der Waals surface area contributed by atoms with Gasteiger partial charge in [-0.25, -0.2) is 4.98 Å². The van der Waals surface area contributed by atoms with Crippen LogP contribution in [0.15, 0.2) is 24.3 Å². The van der Waals surface area contributed by atoms with Crippen LogP contribution in [0.4, 0.5) is 0 Å². The molecule has 1 aromatic carbocycles. The van der Waals surface area contributed by atoms with Gasteiger partial charge in [0.15, 0.2) is 0 Å². The first-order chi connectivity index (χ1) is 8.81. The first-order valence-electron chi connectivity index (χ1n) is 6.94. The van der Waals surface area contributed by atoms with E-state index in [1.807, 2.05) is 6.07 Å². The highest BCUT2D eigenvalue weighted by Gasteiger charge is 2.31. The number of fused-ring (bicyclic) bond motifs is 1. The quantitative estimate of drug-likeness (QED) is 0.870. The maximum Gasteiger partial charge on any atom is 0.109 e. The van der Waals surface area contributed by atoms with Gasteiger partial charge in [-0.2, -0.15) is 0 Å². The Morgan fingerprint density at radius 2 is 2.00 bits per heavy atom. The van der Waals surface area contributed by atoms with E-state index in [1.54, 1.807) is 0 Å². The Morgan fingerprint density at radius 1 is 1.22 bits per heavy atom. The molecule has 1 aliphatic rings. The van der Waals surface area contributed by atoms with Crippen molar-refractivity contribution in [1.82, 2.24) is 15.3 Å². The summed E-state index contributed by atoms with van der Waals surface area (Å²) in [5.41, 5.74) is 2.48. The first-order valence-corrected chi connectivity index (χ1v) is 6.94. The summed E-state index contributed by atoms with van der Waals surface area (Å²) >= 11 is 0. The molecule has 3 rings (SSSR count). The monoisotopic (exact) mass is 243 g/mol. The predicted molar refractivity (Wildman–Crippen MR) is 74.7 cm³/mol. The molecular formula is C15H21N3. The molecule has 0 saturated heterocycles. The van der Waals surface area contributed by atoms with Crippen LogP contribution in [0.5, 0.6) is 0 Å². The molecule has 3 heteroatoms. The Bertz CT molecular complexity index is 490. The maximum atomic E-state index is 4.70. The zero-order chi connectivity index (χ0) is 12.4. The number of hydrogen-bond acceptors (Lipinski definition) is 2. The van der Waals surface area contributed by atoms with Crippen LogP contribution in [-0.2, 0) is 6.42 Å². The summed E-state index contributed by atoms with van der Waals surface area (Å²) in [6, 6.07) is 8.27. The average molecular weight is 243 g/mol. The molecule has 1 aliphatic carbocycles. The minimum absolute atomic E-state index is 0.256. The van der Waals surface area contributed by atoms with E-state index < -0.39 is 0 Å². The molecular weight excluding hydrogens is 222 g/mol. The van der Waals surface area contributed by atoms with E-state index in [4.69, 9.17) is 4.98 Å². The van der Waals surface area contributed by atoms with Gasteiger partial charge in [0.25, 0.3) is 0 Å². The van der Waals surface area contributed by atoms with Crippen molar-refractivity contribution in [3.8, 4) is 0 Å². The Hall–Kier alpha value is -1.35. The van der Waals surface area contributed by atoms with Gasteiger partial charge >= 0.3 is 0 Å². The van der Waals surface area contributed by atoms with E-state index in [1.165, 1.54) is 32.1 Å². The number of aromatic nitrogens is 2. The van der Waals surface area contributed by atoms with Crippen LogP contribution in [0.3, 0.4) is 0 Å². The van der Waals surface area contributed by atoms with Gasteiger partial charge in [0.2, 0.25) is 0 Å². The maximum absolute atomic E-state index is 4.70. The normalized spacial score (nSPS) is 19.2. The van der Waals surface area contributed by atoms with E-state index in [2.05, 4.69) is 35.5 Å². The molecule has 0 radical (unpaired) electrons. The average Bonchev–Trinajstić information content (AvgIpc) is 2.81. The fraction of sp³-hybridized carbons (Fsp3) is 0.533. The van der Waals surface area contributed by atoms with Crippen LogP contribution in [0.25, 0.3) is 11.0 Å². The summed E-state index contributed by atoms with van der Waals surface area (Å²) < 4.78 is 0. The summed E-state index contributed by atoms with van der Waals surface area (Å²) in [4.78, 5) is 8.16. The molecule has 0 amide bonds. The van der Waals surface area contributed by atoms with Crippen LogP contribution in [0, 0.1) is 0 Å². The van der Waals surface area contributed by atoms with Gasteiger partial charge in [-0.1, -0.05) is 31.4 Å². The third kappa shape index (κ3) is 2.15. The van der Waals surface area contributed by atoms with Crippen molar-refractivity contribution in [1.29, 1.82) is 0 Å². The smallest absolute Gasteiger partial charge is 0.109 e. The number of imidazole rings is 1. The molecule has 0 unspecified atom stereocenters. The van der Waals surface area contributed by atoms with Crippen LogP contribution in [0.2, 0.25) is 0 Å². The molecule has 1 aromatic heterocycles. The van der Waals surface area contributed by atoms with Gasteiger partial charge < -0.3 is 10.3 Å². The van der Waals surface area contributed by atoms with Crippen molar-refractivity contribution in [2.45, 2.75) is 44.1 Å². The number of hydrogen-bond donors (Lipinski definition) is 2. The zero-order valence-corrected chi connectivity index (χ0v) is 11.0. The van der Waals surface area contributed by atoms with E-state index in [-0.39, 0.29) is 5.54 Å². The lowest BCUT2D eigenvalue weighted by atomic mass is 9.79. The number of nitrogens with zero attached hydrogens (tertiary/aromatic N) is 1. The van der Waals surface area contributed by atoms with Crippen molar-refractivity contribution in [2.75, 3.05) is 7.05 Å². The van der Waals surface area contributed by atoms with Crippen LogP contribution < -0.4 is 5.32 Å². The molecule has 0 spiro atoms. The summed E-state index contributed by atoms with van der Waals surface area (Å²) in [5.74, 6) is 1.12. The van der Waals surface area contributed by atoms with Crippen molar-refractivity contribution in [3.05, 3.63) is 30.1 Å². The number of nitrogens with one attached hydrogen (secondary N) is 2. The van der Waals surface area contributed by atoms with E-state index in [0.717, 1.165) is 23.3 Å².